The second-order valence-electron chi connectivity index (χ2n) is 5.89. The molecule has 0 aromatic heterocycles. The van der Waals surface area contributed by atoms with Gasteiger partial charge < -0.3 is 20.5 Å². The number of rotatable bonds is 4. The molecule has 5 nitrogen and oxygen atoms in total. The Morgan fingerprint density at radius 1 is 1.53 bits per heavy atom. The first-order valence-electron chi connectivity index (χ1n) is 7.33. The van der Waals surface area contributed by atoms with Gasteiger partial charge in [0.15, 0.2) is 0 Å². The topological polar surface area (TPSA) is 75.8 Å². The summed E-state index contributed by atoms with van der Waals surface area (Å²) in [5.74, 6) is 0.0298. The summed E-state index contributed by atoms with van der Waals surface area (Å²) in [5.41, 5.74) is 5.43. The summed E-state index contributed by atoms with van der Waals surface area (Å²) < 4.78 is 5.72. The molecule has 1 saturated carbocycles. The summed E-state index contributed by atoms with van der Waals surface area (Å²) in [6.07, 6.45) is 2.30. The fourth-order valence-corrected chi connectivity index (χ4v) is 3.37. The second-order valence-corrected chi connectivity index (χ2v) is 5.89. The van der Waals surface area contributed by atoms with Crippen molar-refractivity contribution >= 4 is 5.91 Å². The number of nitrogens with zero attached hydrogens (tertiary/aromatic N) is 1. The van der Waals surface area contributed by atoms with E-state index in [2.05, 4.69) is 0 Å². The molecule has 3 N–H and O–H groups in total. The standard InChI is InChI=1S/C14H26N2O3/c1-3-19-12-8-11(17)14(12)4-6-16(7-5-14)13(18)10(2)9-15/h10-12,17H,3-9,15H2,1-2H3. The molecule has 2 fully saturated rings. The fraction of sp³-hybridized carbons (Fsp3) is 0.929. The molecule has 1 saturated heterocycles. The number of carbonyl (C=O) groups excluding carboxylic acids is 1. The third kappa shape index (κ3) is 2.51. The van der Waals surface area contributed by atoms with Crippen LogP contribution >= 0.6 is 0 Å². The zero-order valence-corrected chi connectivity index (χ0v) is 12.0. The third-order valence-corrected chi connectivity index (χ3v) is 4.89. The highest BCUT2D eigenvalue weighted by molar-refractivity contribution is 5.78. The van der Waals surface area contributed by atoms with Gasteiger partial charge in [-0.25, -0.2) is 0 Å². The molecule has 5 heteroatoms. The summed E-state index contributed by atoms with van der Waals surface area (Å²) in [6.45, 7) is 6.36. The van der Waals surface area contributed by atoms with Crippen LogP contribution in [0.1, 0.15) is 33.1 Å². The van der Waals surface area contributed by atoms with E-state index in [1.807, 2.05) is 18.7 Å². The van der Waals surface area contributed by atoms with Crippen LogP contribution in [0, 0.1) is 11.3 Å². The average Bonchev–Trinajstić information content (AvgIpc) is 2.45. The third-order valence-electron chi connectivity index (χ3n) is 4.89. The van der Waals surface area contributed by atoms with E-state index in [1.54, 1.807) is 0 Å². The van der Waals surface area contributed by atoms with Crippen LogP contribution < -0.4 is 5.73 Å². The lowest BCUT2D eigenvalue weighted by molar-refractivity contribution is -0.210. The molecule has 0 radical (unpaired) electrons. The number of hydrogen-bond donors (Lipinski definition) is 2. The van der Waals surface area contributed by atoms with Crippen LogP contribution in [0.15, 0.2) is 0 Å². The predicted molar refractivity (Wildman–Crippen MR) is 72.5 cm³/mol. The summed E-state index contributed by atoms with van der Waals surface area (Å²) >= 11 is 0. The average molecular weight is 270 g/mol. The molecule has 2 aliphatic rings. The minimum atomic E-state index is -0.270. The van der Waals surface area contributed by atoms with Crippen LogP contribution in [0.3, 0.4) is 0 Å². The highest BCUT2D eigenvalue weighted by atomic mass is 16.5. The summed E-state index contributed by atoms with van der Waals surface area (Å²) in [7, 11) is 0. The first-order valence-corrected chi connectivity index (χ1v) is 7.33. The number of piperidine rings is 1. The molecule has 0 bridgehead atoms. The maximum Gasteiger partial charge on any atom is 0.226 e. The molecule has 1 spiro atoms. The van der Waals surface area contributed by atoms with E-state index >= 15 is 0 Å². The molecule has 110 valence electrons. The van der Waals surface area contributed by atoms with Gasteiger partial charge in [-0.1, -0.05) is 6.92 Å². The normalized spacial score (nSPS) is 31.1. The van der Waals surface area contributed by atoms with Crippen molar-refractivity contribution in [3.63, 3.8) is 0 Å². The highest BCUT2D eigenvalue weighted by Crippen LogP contribution is 2.50. The number of carbonyl (C=O) groups is 1. The lowest BCUT2D eigenvalue weighted by atomic mass is 9.58. The van der Waals surface area contributed by atoms with Crippen LogP contribution in [0.5, 0.6) is 0 Å². The van der Waals surface area contributed by atoms with Crippen molar-refractivity contribution in [1.82, 2.24) is 4.90 Å². The van der Waals surface area contributed by atoms with Crippen LogP contribution in [0.4, 0.5) is 0 Å². The Labute approximate surface area is 115 Å². The summed E-state index contributed by atoms with van der Waals surface area (Å²) in [5, 5.41) is 10.1. The van der Waals surface area contributed by atoms with Crippen molar-refractivity contribution in [2.75, 3.05) is 26.2 Å². The predicted octanol–water partition coefficient (Wildman–Crippen LogP) is 0.360. The Morgan fingerprint density at radius 3 is 2.63 bits per heavy atom. The minimum Gasteiger partial charge on any atom is -0.392 e. The lowest BCUT2D eigenvalue weighted by Crippen LogP contribution is -2.63. The van der Waals surface area contributed by atoms with Gasteiger partial charge in [-0.15, -0.1) is 0 Å². The van der Waals surface area contributed by atoms with Gasteiger partial charge in [-0.2, -0.15) is 0 Å². The van der Waals surface area contributed by atoms with Gasteiger partial charge in [0.25, 0.3) is 0 Å². The lowest BCUT2D eigenvalue weighted by Gasteiger charge is -2.56. The number of hydrogen-bond acceptors (Lipinski definition) is 4. The van der Waals surface area contributed by atoms with Gasteiger partial charge in [0.05, 0.1) is 12.2 Å². The highest BCUT2D eigenvalue weighted by Gasteiger charge is 2.56. The molecule has 1 amide bonds. The van der Waals surface area contributed by atoms with E-state index in [-0.39, 0.29) is 29.4 Å². The molecular weight excluding hydrogens is 244 g/mol. The Bertz CT molecular complexity index is 325. The van der Waals surface area contributed by atoms with Crippen molar-refractivity contribution in [2.45, 2.75) is 45.3 Å². The number of aliphatic hydroxyl groups excluding tert-OH is 1. The molecule has 1 heterocycles. The van der Waals surface area contributed by atoms with Crippen LogP contribution in [0.25, 0.3) is 0 Å². The molecule has 0 aromatic rings. The van der Waals surface area contributed by atoms with E-state index < -0.39 is 0 Å². The number of likely N-dealkylation sites (tertiary alicyclic amines) is 1. The van der Waals surface area contributed by atoms with Gasteiger partial charge in [0.1, 0.15) is 0 Å². The summed E-state index contributed by atoms with van der Waals surface area (Å²) in [6, 6.07) is 0. The molecular formula is C14H26N2O3. The minimum absolute atomic E-state index is 0.108. The van der Waals surface area contributed by atoms with Crippen LogP contribution in [0.2, 0.25) is 0 Å². The molecule has 3 atom stereocenters. The summed E-state index contributed by atoms with van der Waals surface area (Å²) in [4.78, 5) is 14.0. The zero-order valence-electron chi connectivity index (χ0n) is 12.0. The molecule has 1 aliphatic carbocycles. The second kappa shape index (κ2) is 5.77. The van der Waals surface area contributed by atoms with E-state index in [4.69, 9.17) is 10.5 Å². The van der Waals surface area contributed by atoms with Crippen molar-refractivity contribution < 1.29 is 14.6 Å². The monoisotopic (exact) mass is 270 g/mol. The Balaban J connectivity index is 1.93. The molecule has 3 unspecified atom stereocenters. The zero-order chi connectivity index (χ0) is 14.0. The van der Waals surface area contributed by atoms with Crippen molar-refractivity contribution in [3.05, 3.63) is 0 Å². The van der Waals surface area contributed by atoms with Crippen molar-refractivity contribution in [2.24, 2.45) is 17.1 Å². The largest absolute Gasteiger partial charge is 0.392 e. The van der Waals surface area contributed by atoms with Gasteiger partial charge in [-0.05, 0) is 19.8 Å². The number of ether oxygens (including phenoxy) is 1. The van der Waals surface area contributed by atoms with Gasteiger partial charge >= 0.3 is 0 Å². The number of amides is 1. The Hall–Kier alpha value is -0.650. The maximum absolute atomic E-state index is 12.1. The van der Waals surface area contributed by atoms with E-state index in [0.717, 1.165) is 19.3 Å². The molecule has 1 aliphatic heterocycles. The van der Waals surface area contributed by atoms with E-state index in [9.17, 15) is 9.90 Å². The van der Waals surface area contributed by atoms with Crippen LogP contribution in [-0.4, -0.2) is 54.4 Å². The Morgan fingerprint density at radius 2 is 2.16 bits per heavy atom. The molecule has 0 aromatic carbocycles. The number of nitrogens with two attached hydrogens (primary N) is 1. The fourth-order valence-electron chi connectivity index (χ4n) is 3.37. The number of aliphatic hydroxyl groups is 1. The van der Waals surface area contributed by atoms with E-state index in [0.29, 0.717) is 26.2 Å². The first kappa shape index (κ1) is 14.8. The van der Waals surface area contributed by atoms with Crippen molar-refractivity contribution in [3.8, 4) is 0 Å². The van der Waals surface area contributed by atoms with Gasteiger partial charge in [-0.3, -0.25) is 4.79 Å². The quantitative estimate of drug-likeness (QED) is 0.773. The van der Waals surface area contributed by atoms with E-state index in [1.165, 1.54) is 0 Å². The Kier molecular flexibility index (Phi) is 4.48. The molecule has 2 rings (SSSR count). The molecule has 19 heavy (non-hydrogen) atoms. The maximum atomic E-state index is 12.1. The first-order chi connectivity index (χ1) is 9.05. The SMILES string of the molecule is CCOC1CC(O)C12CCN(C(=O)C(C)CN)CC2. The van der Waals surface area contributed by atoms with Gasteiger partial charge in [0.2, 0.25) is 5.91 Å². The van der Waals surface area contributed by atoms with Crippen LogP contribution in [-0.2, 0) is 9.53 Å². The smallest absolute Gasteiger partial charge is 0.226 e. The van der Waals surface area contributed by atoms with Gasteiger partial charge in [0, 0.05) is 44.0 Å². The van der Waals surface area contributed by atoms with Crippen molar-refractivity contribution in [1.29, 1.82) is 0 Å².